The third kappa shape index (κ3) is 5.49. The molecule has 0 aromatic heterocycles. The van der Waals surface area contributed by atoms with Crippen LogP contribution in [0, 0.1) is 5.92 Å². The zero-order valence-electron chi connectivity index (χ0n) is 18.6. The molecule has 1 aliphatic carbocycles. The Morgan fingerprint density at radius 3 is 2.48 bits per heavy atom. The first-order valence-corrected chi connectivity index (χ1v) is 11.3. The summed E-state index contributed by atoms with van der Waals surface area (Å²) in [7, 11) is 3.22. The second-order valence-corrected chi connectivity index (χ2v) is 8.80. The molecular weight excluding hydrogens is 396 g/mol. The number of rotatable bonds is 8. The molecule has 2 heterocycles. The normalized spacial score (nSPS) is 22.8. The first-order valence-electron chi connectivity index (χ1n) is 11.3. The molecular formula is C23H34N4O4. The molecule has 1 aromatic rings. The Kier molecular flexibility index (Phi) is 6.97. The predicted octanol–water partition coefficient (Wildman–Crippen LogP) is 0.949. The molecule has 3 fully saturated rings. The molecule has 0 radical (unpaired) electrons. The number of piperazine rings is 2. The summed E-state index contributed by atoms with van der Waals surface area (Å²) in [6.07, 6.45) is 2.93. The fourth-order valence-corrected chi connectivity index (χ4v) is 4.53. The number of hydrogen-bond acceptors (Lipinski definition) is 6. The Morgan fingerprint density at radius 1 is 1.06 bits per heavy atom. The Hall–Kier alpha value is -2.32. The number of carbonyl (C=O) groups is 2. The lowest BCUT2D eigenvalue weighted by Crippen LogP contribution is -2.57. The van der Waals surface area contributed by atoms with E-state index in [0.717, 1.165) is 37.7 Å². The van der Waals surface area contributed by atoms with E-state index in [1.807, 2.05) is 23.1 Å². The minimum absolute atomic E-state index is 0.0625. The number of nitrogens with one attached hydrogen (secondary N) is 1. The van der Waals surface area contributed by atoms with Gasteiger partial charge in [-0.3, -0.25) is 19.4 Å². The smallest absolute Gasteiger partial charge is 0.237 e. The van der Waals surface area contributed by atoms with Crippen LogP contribution in [0.25, 0.3) is 0 Å². The molecule has 31 heavy (non-hydrogen) atoms. The summed E-state index contributed by atoms with van der Waals surface area (Å²) in [5.41, 5.74) is 1.03. The lowest BCUT2D eigenvalue weighted by molar-refractivity contribution is -0.140. The number of hydrogen-bond donors (Lipinski definition) is 1. The van der Waals surface area contributed by atoms with Gasteiger partial charge in [0.15, 0.2) is 11.5 Å². The molecule has 4 rings (SSSR count). The van der Waals surface area contributed by atoms with Crippen LogP contribution < -0.4 is 14.8 Å². The van der Waals surface area contributed by atoms with Crippen LogP contribution in [0.1, 0.15) is 24.8 Å². The fraction of sp³-hybridized carbons (Fsp3) is 0.652. The van der Waals surface area contributed by atoms with E-state index < -0.39 is 6.04 Å². The van der Waals surface area contributed by atoms with Gasteiger partial charge in [-0.25, -0.2) is 0 Å². The van der Waals surface area contributed by atoms with Crippen molar-refractivity contribution in [3.05, 3.63) is 23.8 Å². The van der Waals surface area contributed by atoms with Crippen molar-refractivity contribution in [2.75, 3.05) is 60.0 Å². The molecule has 8 heteroatoms. The van der Waals surface area contributed by atoms with Gasteiger partial charge in [-0.15, -0.1) is 0 Å². The molecule has 2 aliphatic heterocycles. The summed E-state index contributed by atoms with van der Waals surface area (Å²) in [4.78, 5) is 32.1. The van der Waals surface area contributed by atoms with Crippen LogP contribution in [0.2, 0.25) is 0 Å². The van der Waals surface area contributed by atoms with E-state index in [0.29, 0.717) is 31.1 Å². The lowest BCUT2D eigenvalue weighted by Gasteiger charge is -2.38. The average molecular weight is 431 g/mol. The van der Waals surface area contributed by atoms with E-state index in [4.69, 9.17) is 9.47 Å². The molecule has 0 spiro atoms. The Morgan fingerprint density at radius 2 is 1.81 bits per heavy atom. The summed E-state index contributed by atoms with van der Waals surface area (Å²) in [6, 6.07) is 5.34. The van der Waals surface area contributed by atoms with Crippen molar-refractivity contribution in [3.63, 3.8) is 0 Å². The average Bonchev–Trinajstić information content (AvgIpc) is 3.60. The van der Waals surface area contributed by atoms with E-state index in [1.54, 1.807) is 14.2 Å². The number of nitrogens with zero attached hydrogens (tertiary/aromatic N) is 3. The van der Waals surface area contributed by atoms with Gasteiger partial charge >= 0.3 is 0 Å². The highest BCUT2D eigenvalue weighted by atomic mass is 16.5. The second-order valence-electron chi connectivity index (χ2n) is 8.80. The molecule has 3 aliphatic rings. The lowest BCUT2D eigenvalue weighted by atomic mass is 10.1. The van der Waals surface area contributed by atoms with Crippen LogP contribution in [-0.2, 0) is 16.1 Å². The number of carbonyl (C=O) groups excluding carboxylic acids is 2. The van der Waals surface area contributed by atoms with Gasteiger partial charge in [0.2, 0.25) is 11.8 Å². The van der Waals surface area contributed by atoms with Crippen LogP contribution >= 0.6 is 0 Å². The molecule has 1 aromatic carbocycles. The zero-order chi connectivity index (χ0) is 21.8. The Balaban J connectivity index is 1.36. The van der Waals surface area contributed by atoms with Gasteiger partial charge < -0.3 is 19.7 Å². The minimum atomic E-state index is -0.446. The number of ether oxygens (including phenoxy) is 2. The van der Waals surface area contributed by atoms with Crippen molar-refractivity contribution in [2.45, 2.75) is 31.8 Å². The largest absolute Gasteiger partial charge is 0.493 e. The number of methoxy groups -OCH3 is 2. The maximum absolute atomic E-state index is 13.0. The van der Waals surface area contributed by atoms with Crippen LogP contribution in [-0.4, -0.2) is 92.6 Å². The topological polar surface area (TPSA) is 74.4 Å². The summed E-state index contributed by atoms with van der Waals surface area (Å²) in [6.45, 7) is 6.46. The van der Waals surface area contributed by atoms with Crippen LogP contribution in [0.15, 0.2) is 18.2 Å². The predicted molar refractivity (Wildman–Crippen MR) is 117 cm³/mol. The van der Waals surface area contributed by atoms with Crippen LogP contribution in [0.5, 0.6) is 11.5 Å². The summed E-state index contributed by atoms with van der Waals surface area (Å²) in [5, 5.41) is 2.93. The SMILES string of the molecule is COc1ccc(CN2CCNC(=O)[C@H]2CC(=O)N2CCN(CC3CC3)CC2)cc1OC. The first-order chi connectivity index (χ1) is 15.1. The van der Waals surface area contributed by atoms with E-state index in [2.05, 4.69) is 15.1 Å². The molecule has 170 valence electrons. The molecule has 1 N–H and O–H groups in total. The highest BCUT2D eigenvalue weighted by Gasteiger charge is 2.34. The molecule has 8 nitrogen and oxygen atoms in total. The molecule has 0 bridgehead atoms. The van der Waals surface area contributed by atoms with E-state index >= 15 is 0 Å². The van der Waals surface area contributed by atoms with Gasteiger partial charge in [0, 0.05) is 52.4 Å². The summed E-state index contributed by atoms with van der Waals surface area (Å²) in [5.74, 6) is 2.23. The van der Waals surface area contributed by atoms with Gasteiger partial charge in [-0.1, -0.05) is 6.07 Å². The van der Waals surface area contributed by atoms with Crippen molar-refractivity contribution in [1.82, 2.24) is 20.0 Å². The third-order valence-corrected chi connectivity index (χ3v) is 6.58. The molecule has 2 saturated heterocycles. The van der Waals surface area contributed by atoms with Crippen LogP contribution in [0.3, 0.4) is 0 Å². The van der Waals surface area contributed by atoms with Crippen molar-refractivity contribution >= 4 is 11.8 Å². The number of amides is 2. The van der Waals surface area contributed by atoms with Crippen molar-refractivity contribution < 1.29 is 19.1 Å². The highest BCUT2D eigenvalue weighted by molar-refractivity contribution is 5.88. The van der Waals surface area contributed by atoms with Gasteiger partial charge in [0.25, 0.3) is 0 Å². The quantitative estimate of drug-likeness (QED) is 0.662. The monoisotopic (exact) mass is 430 g/mol. The maximum atomic E-state index is 13.0. The standard InChI is InChI=1S/C23H34N4O4/c1-30-20-6-5-18(13-21(20)31-2)16-27-8-7-24-23(29)19(27)14-22(28)26-11-9-25(10-12-26)15-17-3-4-17/h5-6,13,17,19H,3-4,7-12,14-16H2,1-2H3,(H,24,29)/t19-/m1/s1. The summed E-state index contributed by atoms with van der Waals surface area (Å²) >= 11 is 0. The van der Waals surface area contributed by atoms with Crippen molar-refractivity contribution in [3.8, 4) is 11.5 Å². The van der Waals surface area contributed by atoms with Gasteiger partial charge in [-0.05, 0) is 36.5 Å². The van der Waals surface area contributed by atoms with Gasteiger partial charge in [0.05, 0.1) is 26.7 Å². The zero-order valence-corrected chi connectivity index (χ0v) is 18.6. The minimum Gasteiger partial charge on any atom is -0.493 e. The van der Waals surface area contributed by atoms with Gasteiger partial charge in [0.1, 0.15) is 0 Å². The Labute approximate surface area is 184 Å². The maximum Gasteiger partial charge on any atom is 0.237 e. The molecule has 1 saturated carbocycles. The van der Waals surface area contributed by atoms with E-state index in [9.17, 15) is 9.59 Å². The fourth-order valence-electron chi connectivity index (χ4n) is 4.53. The van der Waals surface area contributed by atoms with Gasteiger partial charge in [-0.2, -0.15) is 0 Å². The molecule has 0 unspecified atom stereocenters. The van der Waals surface area contributed by atoms with Crippen molar-refractivity contribution in [1.29, 1.82) is 0 Å². The Bertz CT molecular complexity index is 790. The summed E-state index contributed by atoms with van der Waals surface area (Å²) < 4.78 is 10.7. The molecule has 2 amide bonds. The first kappa shape index (κ1) is 21.9. The molecule has 1 atom stereocenters. The number of benzene rings is 1. The highest BCUT2D eigenvalue weighted by Crippen LogP contribution is 2.30. The van der Waals surface area contributed by atoms with E-state index in [1.165, 1.54) is 19.4 Å². The third-order valence-electron chi connectivity index (χ3n) is 6.58. The van der Waals surface area contributed by atoms with E-state index in [-0.39, 0.29) is 18.2 Å². The van der Waals surface area contributed by atoms with Crippen molar-refractivity contribution in [2.24, 2.45) is 5.92 Å². The second kappa shape index (κ2) is 9.87. The van der Waals surface area contributed by atoms with Crippen LogP contribution in [0.4, 0.5) is 0 Å².